The molecule has 0 spiro atoms. The van der Waals surface area contributed by atoms with Crippen LogP contribution in [0.2, 0.25) is 0 Å². The number of esters is 1. The summed E-state index contributed by atoms with van der Waals surface area (Å²) in [7, 11) is 1.07. The van der Waals surface area contributed by atoms with Crippen LogP contribution in [-0.2, 0) is 19.1 Å². The van der Waals surface area contributed by atoms with Crippen LogP contribution in [0.15, 0.2) is 11.6 Å². The molecular weight excluding hydrogens is 164 g/mol. The van der Waals surface area contributed by atoms with Gasteiger partial charge in [-0.25, -0.2) is 9.59 Å². The van der Waals surface area contributed by atoms with Crippen molar-refractivity contribution >= 4 is 17.7 Å². The van der Waals surface area contributed by atoms with E-state index in [1.54, 1.807) is 0 Å². The maximum atomic E-state index is 10.7. The Hall–Kier alpha value is -1.65. The Kier molecular flexibility index (Phi) is 3.69. The molecule has 1 N–H and O–H groups in total. The first-order valence-electron chi connectivity index (χ1n) is 3.03. The highest BCUT2D eigenvalue weighted by molar-refractivity contribution is 6.18. The third kappa shape index (κ3) is 2.96. The van der Waals surface area contributed by atoms with Gasteiger partial charge in [0.2, 0.25) is 0 Å². The molecule has 0 aliphatic rings. The van der Waals surface area contributed by atoms with Gasteiger partial charge in [0.25, 0.3) is 0 Å². The van der Waals surface area contributed by atoms with Gasteiger partial charge >= 0.3 is 11.9 Å². The Balaban J connectivity index is 4.79. The van der Waals surface area contributed by atoms with Crippen LogP contribution in [-0.4, -0.2) is 29.9 Å². The minimum Gasteiger partial charge on any atom is -0.478 e. The lowest BCUT2D eigenvalue weighted by molar-refractivity contribution is -0.139. The summed E-state index contributed by atoms with van der Waals surface area (Å²) >= 11 is 0. The van der Waals surface area contributed by atoms with Gasteiger partial charge in [-0.2, -0.15) is 0 Å². The standard InChI is InChI=1S/C7H8O5/c1-4(8)5(3-6(9)10)7(11)12-2/h3H,1-2H3,(H,9,10)/b5-3-. The fourth-order valence-corrected chi connectivity index (χ4v) is 0.538. The minimum atomic E-state index is -1.36. The van der Waals surface area contributed by atoms with Crippen LogP contribution >= 0.6 is 0 Å². The molecule has 0 saturated heterocycles. The number of carbonyl (C=O) groups is 3. The molecule has 0 aromatic rings. The summed E-state index contributed by atoms with van der Waals surface area (Å²) < 4.78 is 4.18. The van der Waals surface area contributed by atoms with Gasteiger partial charge in [0.15, 0.2) is 5.78 Å². The Morgan fingerprint density at radius 3 is 2.08 bits per heavy atom. The van der Waals surface area contributed by atoms with E-state index < -0.39 is 23.3 Å². The van der Waals surface area contributed by atoms with E-state index in [0.717, 1.165) is 14.0 Å². The zero-order chi connectivity index (χ0) is 9.72. The summed E-state index contributed by atoms with van der Waals surface area (Å²) in [6.07, 6.45) is 0.522. The van der Waals surface area contributed by atoms with Crippen molar-refractivity contribution in [1.82, 2.24) is 0 Å². The molecule has 0 atom stereocenters. The number of hydrogen-bond donors (Lipinski definition) is 1. The van der Waals surface area contributed by atoms with Gasteiger partial charge in [0.1, 0.15) is 5.57 Å². The highest BCUT2D eigenvalue weighted by atomic mass is 16.5. The zero-order valence-electron chi connectivity index (χ0n) is 6.66. The number of carbonyl (C=O) groups excluding carboxylic acids is 2. The molecule has 5 nitrogen and oxygen atoms in total. The van der Waals surface area contributed by atoms with Crippen molar-refractivity contribution in [3.63, 3.8) is 0 Å². The number of methoxy groups -OCH3 is 1. The molecule has 0 unspecified atom stereocenters. The average Bonchev–Trinajstić information content (AvgIpc) is 1.98. The lowest BCUT2D eigenvalue weighted by atomic mass is 10.2. The van der Waals surface area contributed by atoms with Gasteiger partial charge in [-0.1, -0.05) is 0 Å². The molecule has 0 fully saturated rings. The smallest absolute Gasteiger partial charge is 0.341 e. The van der Waals surface area contributed by atoms with Crippen molar-refractivity contribution in [3.05, 3.63) is 11.6 Å². The second-order valence-electron chi connectivity index (χ2n) is 1.94. The molecule has 0 saturated carbocycles. The van der Waals surface area contributed by atoms with Crippen LogP contribution < -0.4 is 0 Å². The number of ether oxygens (including phenoxy) is 1. The molecular formula is C7H8O5. The fraction of sp³-hybridized carbons (Fsp3) is 0.286. The van der Waals surface area contributed by atoms with Crippen molar-refractivity contribution in [2.24, 2.45) is 0 Å². The van der Waals surface area contributed by atoms with Gasteiger partial charge < -0.3 is 9.84 Å². The Morgan fingerprint density at radius 1 is 1.33 bits per heavy atom. The van der Waals surface area contributed by atoms with Crippen LogP contribution in [0.3, 0.4) is 0 Å². The summed E-state index contributed by atoms with van der Waals surface area (Å²) in [5, 5.41) is 8.24. The van der Waals surface area contributed by atoms with Gasteiger partial charge in [0, 0.05) is 6.08 Å². The number of carboxylic acids is 1. The monoisotopic (exact) mass is 172 g/mol. The Labute approximate surface area is 68.6 Å². The molecule has 5 heteroatoms. The highest BCUT2D eigenvalue weighted by Crippen LogP contribution is 1.98. The first-order chi connectivity index (χ1) is 5.49. The lowest BCUT2D eigenvalue weighted by Gasteiger charge is -1.98. The van der Waals surface area contributed by atoms with Gasteiger partial charge in [0.05, 0.1) is 7.11 Å². The topological polar surface area (TPSA) is 80.7 Å². The number of ketones is 1. The van der Waals surface area contributed by atoms with E-state index in [1.165, 1.54) is 0 Å². The number of carboxylic acid groups (broad SMARTS) is 1. The third-order valence-corrected chi connectivity index (χ3v) is 1.05. The second-order valence-corrected chi connectivity index (χ2v) is 1.94. The van der Waals surface area contributed by atoms with Gasteiger partial charge in [-0.05, 0) is 6.92 Å². The Bertz CT molecular complexity index is 251. The average molecular weight is 172 g/mol. The first kappa shape index (κ1) is 10.3. The molecule has 0 rings (SSSR count). The van der Waals surface area contributed by atoms with E-state index in [0.29, 0.717) is 6.08 Å². The number of Topliss-reactive ketones (excluding diaryl/α,β-unsaturated/α-hetero) is 1. The van der Waals surface area contributed by atoms with Crippen molar-refractivity contribution in [1.29, 1.82) is 0 Å². The summed E-state index contributed by atoms with van der Waals surface area (Å²) in [6, 6.07) is 0. The summed E-state index contributed by atoms with van der Waals surface area (Å²) in [4.78, 5) is 31.5. The minimum absolute atomic E-state index is 0.468. The summed E-state index contributed by atoms with van der Waals surface area (Å²) in [5.41, 5.74) is -0.468. The molecule has 0 bridgehead atoms. The van der Waals surface area contributed by atoms with E-state index in [2.05, 4.69) is 4.74 Å². The largest absolute Gasteiger partial charge is 0.478 e. The van der Waals surface area contributed by atoms with Crippen LogP contribution in [0.1, 0.15) is 6.92 Å². The highest BCUT2D eigenvalue weighted by Gasteiger charge is 2.15. The SMILES string of the molecule is COC(=O)/C(=C\C(=O)O)C(C)=O. The second kappa shape index (κ2) is 4.27. The third-order valence-electron chi connectivity index (χ3n) is 1.05. The molecule has 0 heterocycles. The van der Waals surface area contributed by atoms with Crippen LogP contribution in [0, 0.1) is 0 Å². The van der Waals surface area contributed by atoms with Gasteiger partial charge in [-0.3, -0.25) is 4.79 Å². The predicted molar refractivity (Wildman–Crippen MR) is 38.4 cm³/mol. The first-order valence-corrected chi connectivity index (χ1v) is 3.03. The van der Waals surface area contributed by atoms with Gasteiger partial charge in [-0.15, -0.1) is 0 Å². The van der Waals surface area contributed by atoms with E-state index >= 15 is 0 Å². The summed E-state index contributed by atoms with van der Waals surface area (Å²) in [6.45, 7) is 1.09. The normalized spacial score (nSPS) is 10.7. The molecule has 12 heavy (non-hydrogen) atoms. The molecule has 0 aliphatic carbocycles. The van der Waals surface area contributed by atoms with E-state index in [9.17, 15) is 14.4 Å². The molecule has 0 aliphatic heterocycles. The molecule has 0 radical (unpaired) electrons. The number of aliphatic carboxylic acids is 1. The van der Waals surface area contributed by atoms with E-state index in [4.69, 9.17) is 5.11 Å². The number of hydrogen-bond acceptors (Lipinski definition) is 4. The van der Waals surface area contributed by atoms with Crippen LogP contribution in [0.5, 0.6) is 0 Å². The number of rotatable bonds is 3. The van der Waals surface area contributed by atoms with E-state index in [-0.39, 0.29) is 0 Å². The van der Waals surface area contributed by atoms with E-state index in [1.807, 2.05) is 0 Å². The molecule has 0 aromatic carbocycles. The van der Waals surface area contributed by atoms with Crippen molar-refractivity contribution in [2.75, 3.05) is 7.11 Å². The van der Waals surface area contributed by atoms with Crippen molar-refractivity contribution < 1.29 is 24.2 Å². The Morgan fingerprint density at radius 2 is 1.83 bits per heavy atom. The lowest BCUT2D eigenvalue weighted by Crippen LogP contribution is -2.13. The summed E-state index contributed by atoms with van der Waals surface area (Å²) in [5.74, 6) is -2.93. The maximum Gasteiger partial charge on any atom is 0.341 e. The van der Waals surface area contributed by atoms with Crippen molar-refractivity contribution in [3.8, 4) is 0 Å². The molecule has 66 valence electrons. The van der Waals surface area contributed by atoms with Crippen molar-refractivity contribution in [2.45, 2.75) is 6.92 Å². The molecule has 0 amide bonds. The van der Waals surface area contributed by atoms with Crippen LogP contribution in [0.4, 0.5) is 0 Å². The zero-order valence-corrected chi connectivity index (χ0v) is 6.66. The maximum absolute atomic E-state index is 10.7. The van der Waals surface area contributed by atoms with Crippen LogP contribution in [0.25, 0.3) is 0 Å². The fourth-order valence-electron chi connectivity index (χ4n) is 0.538. The molecule has 0 aromatic heterocycles. The quantitative estimate of drug-likeness (QED) is 0.275. The predicted octanol–water partition coefficient (Wildman–Crippen LogP) is -0.241.